The van der Waals surface area contributed by atoms with Crippen LogP contribution in [0.3, 0.4) is 0 Å². The van der Waals surface area contributed by atoms with Gasteiger partial charge in [-0.15, -0.1) is 0 Å². The van der Waals surface area contributed by atoms with Gasteiger partial charge in [0.2, 0.25) is 0 Å². The zero-order valence-corrected chi connectivity index (χ0v) is 13.0. The van der Waals surface area contributed by atoms with Crippen LogP contribution in [0.15, 0.2) is 35.5 Å². The third kappa shape index (κ3) is 3.91. The summed E-state index contributed by atoms with van der Waals surface area (Å²) in [6, 6.07) is 7.06. The zero-order valence-electron chi connectivity index (χ0n) is 13.0. The van der Waals surface area contributed by atoms with Gasteiger partial charge in [0, 0.05) is 32.4 Å². The highest BCUT2D eigenvalue weighted by atomic mass is 16.5. The Kier molecular flexibility index (Phi) is 5.24. The summed E-state index contributed by atoms with van der Waals surface area (Å²) in [4.78, 5) is 4.16. The van der Waals surface area contributed by atoms with Crippen molar-refractivity contribution in [1.29, 1.82) is 0 Å². The number of ether oxygens (including phenoxy) is 1. The first kappa shape index (κ1) is 15.7. The Morgan fingerprint density at radius 1 is 1.32 bits per heavy atom. The second kappa shape index (κ2) is 7.35. The van der Waals surface area contributed by atoms with E-state index in [0.29, 0.717) is 24.8 Å². The predicted octanol–water partition coefficient (Wildman–Crippen LogP) is 0.999. The number of nitrogens with zero attached hydrogens (tertiary/aromatic N) is 3. The molecule has 7 heteroatoms. The SMILES string of the molecule is CN=C(NCc1cc(OC)ccc1O)NCc1ccnn1C. The van der Waals surface area contributed by atoms with Gasteiger partial charge in [-0.25, -0.2) is 0 Å². The van der Waals surface area contributed by atoms with E-state index in [1.54, 1.807) is 43.2 Å². The maximum atomic E-state index is 9.87. The van der Waals surface area contributed by atoms with E-state index in [1.165, 1.54) is 0 Å². The lowest BCUT2D eigenvalue weighted by Crippen LogP contribution is -2.36. The summed E-state index contributed by atoms with van der Waals surface area (Å²) in [6.45, 7) is 1.05. The summed E-state index contributed by atoms with van der Waals surface area (Å²) in [6.07, 6.45) is 1.75. The first-order valence-electron chi connectivity index (χ1n) is 6.91. The standard InChI is InChI=1S/C15H21N5O2/c1-16-15(18-10-12-6-7-19-20(12)2)17-9-11-8-13(22-3)4-5-14(11)21/h4-8,21H,9-10H2,1-3H3,(H2,16,17,18). The fraction of sp³-hybridized carbons (Fsp3) is 0.333. The van der Waals surface area contributed by atoms with Crippen LogP contribution in [0.2, 0.25) is 0 Å². The molecule has 0 saturated heterocycles. The van der Waals surface area contributed by atoms with Crippen LogP contribution >= 0.6 is 0 Å². The maximum absolute atomic E-state index is 9.87. The van der Waals surface area contributed by atoms with E-state index in [-0.39, 0.29) is 5.75 Å². The largest absolute Gasteiger partial charge is 0.508 e. The third-order valence-electron chi connectivity index (χ3n) is 3.32. The number of benzene rings is 1. The lowest BCUT2D eigenvalue weighted by Gasteiger charge is -2.13. The summed E-state index contributed by atoms with van der Waals surface area (Å²) in [5.41, 5.74) is 1.79. The van der Waals surface area contributed by atoms with E-state index in [4.69, 9.17) is 4.74 Å². The number of aromatic nitrogens is 2. The zero-order chi connectivity index (χ0) is 15.9. The highest BCUT2D eigenvalue weighted by Gasteiger charge is 2.05. The van der Waals surface area contributed by atoms with Gasteiger partial charge in [0.25, 0.3) is 0 Å². The molecule has 0 atom stereocenters. The fourth-order valence-corrected chi connectivity index (χ4v) is 1.98. The molecule has 0 aliphatic rings. The first-order chi connectivity index (χ1) is 10.6. The van der Waals surface area contributed by atoms with Gasteiger partial charge < -0.3 is 20.5 Å². The van der Waals surface area contributed by atoms with Gasteiger partial charge >= 0.3 is 0 Å². The van der Waals surface area contributed by atoms with Gasteiger partial charge in [-0.1, -0.05) is 0 Å². The van der Waals surface area contributed by atoms with Crippen molar-refractivity contribution in [3.05, 3.63) is 41.7 Å². The second-order valence-electron chi connectivity index (χ2n) is 4.72. The number of aliphatic imine (C=N–C) groups is 1. The number of hydrogen-bond acceptors (Lipinski definition) is 4. The van der Waals surface area contributed by atoms with Crippen LogP contribution in [0, 0.1) is 0 Å². The molecule has 22 heavy (non-hydrogen) atoms. The third-order valence-corrected chi connectivity index (χ3v) is 3.32. The molecule has 0 fully saturated rings. The van der Waals surface area contributed by atoms with Gasteiger partial charge in [-0.2, -0.15) is 5.10 Å². The number of guanidine groups is 1. The number of aromatic hydroxyl groups is 1. The minimum Gasteiger partial charge on any atom is -0.508 e. The minimum atomic E-state index is 0.218. The molecule has 3 N–H and O–H groups in total. The van der Waals surface area contributed by atoms with Crippen molar-refractivity contribution < 1.29 is 9.84 Å². The highest BCUT2D eigenvalue weighted by molar-refractivity contribution is 5.79. The van der Waals surface area contributed by atoms with Crippen LogP contribution in [0.1, 0.15) is 11.3 Å². The van der Waals surface area contributed by atoms with Crippen molar-refractivity contribution >= 4 is 5.96 Å². The Balaban J connectivity index is 1.93. The fourth-order valence-electron chi connectivity index (χ4n) is 1.98. The van der Waals surface area contributed by atoms with Crippen molar-refractivity contribution in [2.75, 3.05) is 14.2 Å². The molecule has 1 aromatic heterocycles. The number of hydrogen-bond donors (Lipinski definition) is 3. The second-order valence-corrected chi connectivity index (χ2v) is 4.72. The molecule has 118 valence electrons. The summed E-state index contributed by atoms with van der Waals surface area (Å²) in [5, 5.41) is 20.3. The van der Waals surface area contributed by atoms with Gasteiger partial charge in [0.1, 0.15) is 11.5 Å². The molecule has 0 amide bonds. The van der Waals surface area contributed by atoms with Crippen molar-refractivity contribution in [2.24, 2.45) is 12.0 Å². The molecule has 0 unspecified atom stereocenters. The smallest absolute Gasteiger partial charge is 0.191 e. The van der Waals surface area contributed by atoms with Gasteiger partial charge in [-0.3, -0.25) is 9.67 Å². The average molecular weight is 303 g/mol. The Morgan fingerprint density at radius 2 is 2.09 bits per heavy atom. The Morgan fingerprint density at radius 3 is 2.73 bits per heavy atom. The number of methoxy groups -OCH3 is 1. The molecule has 2 aromatic rings. The molecule has 0 saturated carbocycles. The number of phenolic OH excluding ortho intramolecular Hbond substituents is 1. The van der Waals surface area contributed by atoms with Crippen molar-refractivity contribution in [2.45, 2.75) is 13.1 Å². The Labute approximate surface area is 129 Å². The highest BCUT2D eigenvalue weighted by Crippen LogP contribution is 2.22. The number of aryl methyl sites for hydroxylation is 1. The lowest BCUT2D eigenvalue weighted by molar-refractivity contribution is 0.410. The normalized spacial score (nSPS) is 11.3. The van der Waals surface area contributed by atoms with Gasteiger partial charge in [0.05, 0.1) is 19.3 Å². The van der Waals surface area contributed by atoms with Crippen LogP contribution in [0.5, 0.6) is 11.5 Å². The van der Waals surface area contributed by atoms with Gasteiger partial charge in [0.15, 0.2) is 5.96 Å². The van der Waals surface area contributed by atoms with Crippen molar-refractivity contribution in [3.8, 4) is 11.5 Å². The van der Waals surface area contributed by atoms with E-state index >= 15 is 0 Å². The van der Waals surface area contributed by atoms with Crippen LogP contribution in [0.25, 0.3) is 0 Å². The molecule has 0 aliphatic heterocycles. The number of phenols is 1. The van der Waals surface area contributed by atoms with E-state index < -0.39 is 0 Å². The summed E-state index contributed by atoms with van der Waals surface area (Å²) < 4.78 is 6.96. The summed E-state index contributed by atoms with van der Waals surface area (Å²) in [5.74, 6) is 1.56. The minimum absolute atomic E-state index is 0.218. The molecule has 0 radical (unpaired) electrons. The molecular weight excluding hydrogens is 282 g/mol. The van der Waals surface area contributed by atoms with E-state index in [1.807, 2.05) is 13.1 Å². The molecule has 0 spiro atoms. The van der Waals surface area contributed by atoms with Crippen LogP contribution in [-0.4, -0.2) is 35.0 Å². The summed E-state index contributed by atoms with van der Waals surface area (Å²) >= 11 is 0. The lowest BCUT2D eigenvalue weighted by atomic mass is 10.2. The van der Waals surface area contributed by atoms with Crippen LogP contribution in [0.4, 0.5) is 0 Å². The van der Waals surface area contributed by atoms with E-state index in [0.717, 1.165) is 11.3 Å². The van der Waals surface area contributed by atoms with Crippen LogP contribution < -0.4 is 15.4 Å². The first-order valence-corrected chi connectivity index (χ1v) is 6.91. The number of rotatable bonds is 5. The molecule has 1 aromatic carbocycles. The average Bonchev–Trinajstić information content (AvgIpc) is 2.94. The van der Waals surface area contributed by atoms with Crippen LogP contribution in [-0.2, 0) is 20.1 Å². The monoisotopic (exact) mass is 303 g/mol. The van der Waals surface area contributed by atoms with Crippen molar-refractivity contribution in [3.63, 3.8) is 0 Å². The van der Waals surface area contributed by atoms with E-state index in [2.05, 4.69) is 20.7 Å². The Hall–Kier alpha value is -2.70. The quantitative estimate of drug-likeness (QED) is 0.567. The van der Waals surface area contributed by atoms with E-state index in [9.17, 15) is 5.11 Å². The predicted molar refractivity (Wildman–Crippen MR) is 84.9 cm³/mol. The topological polar surface area (TPSA) is 83.7 Å². The Bertz CT molecular complexity index is 651. The molecule has 0 bridgehead atoms. The van der Waals surface area contributed by atoms with Gasteiger partial charge in [-0.05, 0) is 24.3 Å². The number of nitrogens with one attached hydrogen (secondary N) is 2. The molecule has 7 nitrogen and oxygen atoms in total. The van der Waals surface area contributed by atoms with Crippen molar-refractivity contribution in [1.82, 2.24) is 20.4 Å². The molecule has 2 rings (SSSR count). The maximum Gasteiger partial charge on any atom is 0.191 e. The summed E-state index contributed by atoms with van der Waals surface area (Å²) in [7, 11) is 5.18. The molecular formula is C15H21N5O2. The molecule has 0 aliphatic carbocycles. The molecule has 1 heterocycles.